The maximum absolute atomic E-state index is 12.4. The number of halogens is 3. The molecule has 1 aromatic rings. The Balaban J connectivity index is 0.00000220. The van der Waals surface area contributed by atoms with Crippen LogP contribution in [0.4, 0.5) is 8.78 Å². The second-order valence-electron chi connectivity index (χ2n) is 4.49. The summed E-state index contributed by atoms with van der Waals surface area (Å²) in [5.41, 5.74) is 0.241. The van der Waals surface area contributed by atoms with Gasteiger partial charge in [-0.15, -0.1) is 12.4 Å². The maximum Gasteiger partial charge on any atom is 0.341 e. The molecule has 2 rings (SSSR count). The molecule has 1 aliphatic rings. The standard InChI is InChI=1S/C12H14F2N2O3S.ClH/c13-12(14)20(18,19)10-3-1-8(2-4-10)11(17)16-9-5-6-15-7-9;/h1-4,9,12,15H,5-7H2,(H,16,17);1H. The Morgan fingerprint density at radius 3 is 2.38 bits per heavy atom. The fraction of sp³-hybridized carbons (Fsp3) is 0.417. The van der Waals surface area contributed by atoms with Gasteiger partial charge in [0, 0.05) is 18.2 Å². The lowest BCUT2D eigenvalue weighted by Crippen LogP contribution is -2.36. The van der Waals surface area contributed by atoms with Gasteiger partial charge in [-0.3, -0.25) is 4.79 Å². The van der Waals surface area contributed by atoms with E-state index in [0.29, 0.717) is 6.54 Å². The molecule has 0 aromatic heterocycles. The van der Waals surface area contributed by atoms with Gasteiger partial charge in [-0.25, -0.2) is 8.42 Å². The number of hydrogen-bond acceptors (Lipinski definition) is 4. The van der Waals surface area contributed by atoms with E-state index in [9.17, 15) is 22.0 Å². The second-order valence-corrected chi connectivity index (χ2v) is 6.41. The first-order chi connectivity index (χ1) is 9.41. The van der Waals surface area contributed by atoms with Crippen LogP contribution in [0.15, 0.2) is 29.2 Å². The van der Waals surface area contributed by atoms with Crippen molar-refractivity contribution < 1.29 is 22.0 Å². The van der Waals surface area contributed by atoms with E-state index in [1.165, 1.54) is 12.1 Å². The van der Waals surface area contributed by atoms with Crippen LogP contribution in [0.25, 0.3) is 0 Å². The molecule has 2 N–H and O–H groups in total. The highest BCUT2D eigenvalue weighted by Crippen LogP contribution is 2.18. The molecule has 1 amide bonds. The van der Waals surface area contributed by atoms with E-state index in [1.54, 1.807) is 0 Å². The topological polar surface area (TPSA) is 75.3 Å². The molecule has 0 saturated carbocycles. The van der Waals surface area contributed by atoms with Crippen LogP contribution in [0.5, 0.6) is 0 Å². The molecule has 1 fully saturated rings. The summed E-state index contributed by atoms with van der Waals surface area (Å²) in [7, 11) is -4.62. The lowest BCUT2D eigenvalue weighted by molar-refractivity contribution is 0.0940. The number of alkyl halides is 2. The van der Waals surface area contributed by atoms with Crippen LogP contribution >= 0.6 is 12.4 Å². The summed E-state index contributed by atoms with van der Waals surface area (Å²) in [6, 6.07) is 4.53. The zero-order valence-corrected chi connectivity index (χ0v) is 12.5. The summed E-state index contributed by atoms with van der Waals surface area (Å²) in [5.74, 6) is -3.81. The number of benzene rings is 1. The van der Waals surface area contributed by atoms with E-state index in [1.807, 2.05) is 0 Å². The molecule has 0 bridgehead atoms. The molecular formula is C12H15ClF2N2O3S. The molecule has 0 radical (unpaired) electrons. The Labute approximate surface area is 127 Å². The van der Waals surface area contributed by atoms with Crippen LogP contribution in [0.1, 0.15) is 16.8 Å². The van der Waals surface area contributed by atoms with Crippen LogP contribution in [0, 0.1) is 0 Å². The second kappa shape index (κ2) is 7.15. The van der Waals surface area contributed by atoms with E-state index < -0.39 is 20.5 Å². The molecule has 1 atom stereocenters. The molecule has 118 valence electrons. The quantitative estimate of drug-likeness (QED) is 0.863. The van der Waals surface area contributed by atoms with Gasteiger partial charge in [-0.2, -0.15) is 8.78 Å². The van der Waals surface area contributed by atoms with Gasteiger partial charge in [-0.1, -0.05) is 0 Å². The predicted molar refractivity (Wildman–Crippen MR) is 75.6 cm³/mol. The van der Waals surface area contributed by atoms with Crippen LogP contribution in [0.3, 0.4) is 0 Å². The highest BCUT2D eigenvalue weighted by atomic mass is 35.5. The first-order valence-electron chi connectivity index (χ1n) is 6.05. The molecule has 1 aromatic carbocycles. The van der Waals surface area contributed by atoms with Crippen LogP contribution < -0.4 is 10.6 Å². The van der Waals surface area contributed by atoms with Crippen LogP contribution in [0.2, 0.25) is 0 Å². The first-order valence-corrected chi connectivity index (χ1v) is 7.59. The highest BCUT2D eigenvalue weighted by molar-refractivity contribution is 7.91. The fourth-order valence-corrected chi connectivity index (χ4v) is 2.67. The summed E-state index contributed by atoms with van der Waals surface area (Å²) >= 11 is 0. The number of carbonyl (C=O) groups excluding carboxylic acids is 1. The van der Waals surface area contributed by atoms with E-state index in [4.69, 9.17) is 0 Å². The average molecular weight is 341 g/mol. The average Bonchev–Trinajstić information content (AvgIpc) is 2.91. The van der Waals surface area contributed by atoms with E-state index in [0.717, 1.165) is 25.1 Å². The van der Waals surface area contributed by atoms with Crippen molar-refractivity contribution in [3.05, 3.63) is 29.8 Å². The largest absolute Gasteiger partial charge is 0.348 e. The number of amides is 1. The molecule has 1 saturated heterocycles. The van der Waals surface area contributed by atoms with E-state index in [2.05, 4.69) is 10.6 Å². The van der Waals surface area contributed by atoms with Gasteiger partial charge < -0.3 is 10.6 Å². The number of rotatable bonds is 4. The van der Waals surface area contributed by atoms with Crippen molar-refractivity contribution in [2.75, 3.05) is 13.1 Å². The number of hydrogen-bond donors (Lipinski definition) is 2. The van der Waals surface area contributed by atoms with Crippen LogP contribution in [-0.4, -0.2) is 39.2 Å². The fourth-order valence-electron chi connectivity index (χ4n) is 1.95. The Kier molecular flexibility index (Phi) is 6.06. The summed E-state index contributed by atoms with van der Waals surface area (Å²) in [6.45, 7) is 1.51. The number of carbonyl (C=O) groups is 1. The predicted octanol–water partition coefficient (Wildman–Crippen LogP) is 1.20. The van der Waals surface area contributed by atoms with E-state index >= 15 is 0 Å². The van der Waals surface area contributed by atoms with Gasteiger partial charge in [0.1, 0.15) is 0 Å². The molecule has 1 unspecified atom stereocenters. The van der Waals surface area contributed by atoms with Crippen molar-refractivity contribution >= 4 is 28.2 Å². The minimum atomic E-state index is -4.62. The van der Waals surface area contributed by atoms with Crippen molar-refractivity contribution in [2.24, 2.45) is 0 Å². The molecule has 0 aliphatic carbocycles. The Bertz CT molecular complexity index is 587. The summed E-state index contributed by atoms with van der Waals surface area (Å²) in [5, 5.41) is 5.87. The SMILES string of the molecule is Cl.O=C(NC1CCNC1)c1ccc(S(=O)(=O)C(F)F)cc1. The lowest BCUT2D eigenvalue weighted by Gasteiger charge is -2.11. The summed E-state index contributed by atoms with van der Waals surface area (Å²) < 4.78 is 47.2. The third kappa shape index (κ3) is 4.12. The Morgan fingerprint density at radius 1 is 1.29 bits per heavy atom. The Hall–Kier alpha value is -1.25. The van der Waals surface area contributed by atoms with Crippen molar-refractivity contribution in [1.82, 2.24) is 10.6 Å². The third-order valence-corrected chi connectivity index (χ3v) is 4.47. The van der Waals surface area contributed by atoms with Gasteiger partial charge in [0.05, 0.1) is 4.90 Å². The molecule has 9 heteroatoms. The van der Waals surface area contributed by atoms with Gasteiger partial charge in [0.2, 0.25) is 9.84 Å². The van der Waals surface area contributed by atoms with Gasteiger partial charge in [0.25, 0.3) is 5.91 Å². The third-order valence-electron chi connectivity index (χ3n) is 3.08. The smallest absolute Gasteiger partial charge is 0.341 e. The molecule has 1 heterocycles. The normalized spacial score (nSPS) is 18.3. The van der Waals surface area contributed by atoms with Gasteiger partial charge in [0.15, 0.2) is 0 Å². The summed E-state index contributed by atoms with van der Waals surface area (Å²) in [4.78, 5) is 11.4. The van der Waals surface area contributed by atoms with Crippen molar-refractivity contribution in [1.29, 1.82) is 0 Å². The zero-order chi connectivity index (χ0) is 14.8. The minimum Gasteiger partial charge on any atom is -0.348 e. The molecule has 1 aliphatic heterocycles. The maximum atomic E-state index is 12.4. The van der Waals surface area contributed by atoms with Gasteiger partial charge >= 0.3 is 5.76 Å². The van der Waals surface area contributed by atoms with Crippen LogP contribution in [-0.2, 0) is 9.84 Å². The number of nitrogens with one attached hydrogen (secondary N) is 2. The van der Waals surface area contributed by atoms with Crippen molar-refractivity contribution in [2.45, 2.75) is 23.1 Å². The first kappa shape index (κ1) is 17.8. The van der Waals surface area contributed by atoms with Crippen molar-refractivity contribution in [3.8, 4) is 0 Å². The molecule has 21 heavy (non-hydrogen) atoms. The molecule has 5 nitrogen and oxygen atoms in total. The van der Waals surface area contributed by atoms with Gasteiger partial charge in [-0.05, 0) is 37.2 Å². The monoisotopic (exact) mass is 340 g/mol. The molecule has 0 spiro atoms. The lowest BCUT2D eigenvalue weighted by atomic mass is 10.2. The van der Waals surface area contributed by atoms with Crippen molar-refractivity contribution in [3.63, 3.8) is 0 Å². The number of sulfone groups is 1. The molecular weight excluding hydrogens is 326 g/mol. The zero-order valence-electron chi connectivity index (χ0n) is 10.9. The minimum absolute atomic E-state index is 0. The highest BCUT2D eigenvalue weighted by Gasteiger charge is 2.26. The Morgan fingerprint density at radius 2 is 1.90 bits per heavy atom. The van der Waals surface area contributed by atoms with E-state index in [-0.39, 0.29) is 29.9 Å². The summed E-state index contributed by atoms with van der Waals surface area (Å²) in [6.07, 6.45) is 0.823.